The van der Waals surface area contributed by atoms with E-state index in [0.29, 0.717) is 18.3 Å². The lowest BCUT2D eigenvalue weighted by Gasteiger charge is -2.00. The van der Waals surface area contributed by atoms with E-state index in [2.05, 4.69) is 54.3 Å². The second-order valence-electron chi connectivity index (χ2n) is 3.80. The Morgan fingerprint density at radius 1 is 1.28 bits per heavy atom. The number of hydrogen-bond acceptors (Lipinski definition) is 4. The van der Waals surface area contributed by atoms with Crippen LogP contribution in [0.5, 0.6) is 0 Å². The van der Waals surface area contributed by atoms with Gasteiger partial charge in [0.05, 0.1) is 12.1 Å². The van der Waals surface area contributed by atoms with Crippen molar-refractivity contribution in [3.05, 3.63) is 33.0 Å². The molecule has 0 saturated heterocycles. The maximum atomic E-state index is 5.62. The molecular formula is C12H13Br2N3O. The zero-order chi connectivity index (χ0) is 13.0. The molecule has 96 valence electrons. The molecular weight excluding hydrogens is 362 g/mol. The van der Waals surface area contributed by atoms with E-state index in [4.69, 9.17) is 4.42 Å². The Kier molecular flexibility index (Phi) is 4.91. The summed E-state index contributed by atoms with van der Waals surface area (Å²) in [6.07, 6.45) is 1.08. The van der Waals surface area contributed by atoms with Gasteiger partial charge in [0.2, 0.25) is 11.8 Å². The number of halogens is 2. The number of nitrogens with zero attached hydrogens (tertiary/aromatic N) is 2. The maximum absolute atomic E-state index is 5.62. The third-order valence-electron chi connectivity index (χ3n) is 2.33. The van der Waals surface area contributed by atoms with Crippen LogP contribution in [0, 0.1) is 0 Å². The van der Waals surface area contributed by atoms with Gasteiger partial charge < -0.3 is 9.73 Å². The number of nitrogens with one attached hydrogen (secondary N) is 1. The Morgan fingerprint density at radius 2 is 2.11 bits per heavy atom. The number of rotatable bonds is 5. The zero-order valence-corrected chi connectivity index (χ0v) is 13.1. The minimum absolute atomic E-state index is 0.525. The molecule has 18 heavy (non-hydrogen) atoms. The van der Waals surface area contributed by atoms with Gasteiger partial charge >= 0.3 is 0 Å². The van der Waals surface area contributed by atoms with Gasteiger partial charge in [-0.15, -0.1) is 10.2 Å². The fourth-order valence-corrected chi connectivity index (χ4v) is 2.24. The van der Waals surface area contributed by atoms with Crippen LogP contribution >= 0.6 is 31.9 Å². The lowest BCUT2D eigenvalue weighted by molar-refractivity contribution is 0.477. The van der Waals surface area contributed by atoms with Crippen LogP contribution < -0.4 is 5.32 Å². The van der Waals surface area contributed by atoms with Crippen LogP contribution in [0.2, 0.25) is 0 Å². The van der Waals surface area contributed by atoms with Crippen molar-refractivity contribution in [2.75, 3.05) is 6.54 Å². The predicted molar refractivity (Wildman–Crippen MR) is 77.1 cm³/mol. The number of benzene rings is 1. The van der Waals surface area contributed by atoms with Crippen molar-refractivity contribution in [1.29, 1.82) is 0 Å². The quantitative estimate of drug-likeness (QED) is 0.809. The highest BCUT2D eigenvalue weighted by Crippen LogP contribution is 2.29. The molecule has 0 aliphatic carbocycles. The summed E-state index contributed by atoms with van der Waals surface area (Å²) in [5, 5.41) is 11.3. The molecule has 1 aromatic heterocycles. The zero-order valence-electron chi connectivity index (χ0n) is 9.91. The normalized spacial score (nSPS) is 10.8. The van der Waals surface area contributed by atoms with E-state index >= 15 is 0 Å². The first-order valence-electron chi connectivity index (χ1n) is 5.69. The van der Waals surface area contributed by atoms with E-state index in [-0.39, 0.29) is 0 Å². The summed E-state index contributed by atoms with van der Waals surface area (Å²) < 4.78 is 7.53. The molecule has 2 aromatic rings. The number of hydrogen-bond donors (Lipinski definition) is 1. The molecule has 6 heteroatoms. The molecule has 0 bridgehead atoms. The highest BCUT2D eigenvalue weighted by Gasteiger charge is 2.11. The second-order valence-corrected chi connectivity index (χ2v) is 5.57. The van der Waals surface area contributed by atoms with Gasteiger partial charge in [0.25, 0.3) is 0 Å². The Labute approximate surface area is 122 Å². The molecule has 0 radical (unpaired) electrons. The Balaban J connectivity index is 2.16. The van der Waals surface area contributed by atoms with Crippen LogP contribution in [0.3, 0.4) is 0 Å². The Hall–Kier alpha value is -0.720. The largest absolute Gasteiger partial charge is 0.419 e. The van der Waals surface area contributed by atoms with E-state index in [9.17, 15) is 0 Å². The van der Waals surface area contributed by atoms with Crippen molar-refractivity contribution >= 4 is 31.9 Å². The van der Waals surface area contributed by atoms with Gasteiger partial charge in [0.1, 0.15) is 0 Å². The summed E-state index contributed by atoms with van der Waals surface area (Å²) in [7, 11) is 0. The molecule has 0 aliphatic heterocycles. The van der Waals surface area contributed by atoms with E-state index < -0.39 is 0 Å². The van der Waals surface area contributed by atoms with Gasteiger partial charge in [-0.25, -0.2) is 0 Å². The minimum atomic E-state index is 0.525. The predicted octanol–water partition coefficient (Wildman–Crippen LogP) is 3.76. The molecule has 1 N–H and O–H groups in total. The third kappa shape index (κ3) is 3.40. The second kappa shape index (κ2) is 6.45. The first-order chi connectivity index (χ1) is 8.70. The summed E-state index contributed by atoms with van der Waals surface area (Å²) in [5.41, 5.74) is 0.888. The van der Waals surface area contributed by atoms with E-state index in [1.165, 1.54) is 0 Å². The fourth-order valence-electron chi connectivity index (χ4n) is 1.47. The molecule has 1 heterocycles. The highest BCUT2D eigenvalue weighted by atomic mass is 79.9. The SMILES string of the molecule is CCCNCc1nnc(-c2cc(Br)ccc2Br)o1. The molecule has 0 amide bonds. The minimum Gasteiger partial charge on any atom is -0.419 e. The van der Waals surface area contributed by atoms with Gasteiger partial charge in [-0.05, 0) is 47.1 Å². The van der Waals surface area contributed by atoms with Crippen molar-refractivity contribution < 1.29 is 4.42 Å². The van der Waals surface area contributed by atoms with Crippen LogP contribution in [-0.4, -0.2) is 16.7 Å². The van der Waals surface area contributed by atoms with Crippen LogP contribution in [0.4, 0.5) is 0 Å². The summed E-state index contributed by atoms with van der Waals surface area (Å²) in [4.78, 5) is 0. The molecule has 0 aliphatic rings. The molecule has 4 nitrogen and oxygen atoms in total. The van der Waals surface area contributed by atoms with Crippen LogP contribution in [-0.2, 0) is 6.54 Å². The van der Waals surface area contributed by atoms with E-state index in [1.54, 1.807) is 0 Å². The Bertz CT molecular complexity index is 528. The van der Waals surface area contributed by atoms with Crippen molar-refractivity contribution in [2.45, 2.75) is 19.9 Å². The standard InChI is InChI=1S/C12H13Br2N3O/c1-2-5-15-7-11-16-17-12(18-11)9-6-8(13)3-4-10(9)14/h3-4,6,15H,2,5,7H2,1H3. The Morgan fingerprint density at radius 3 is 2.89 bits per heavy atom. The van der Waals surface area contributed by atoms with Crippen molar-refractivity contribution in [3.63, 3.8) is 0 Å². The lowest BCUT2D eigenvalue weighted by Crippen LogP contribution is -2.13. The summed E-state index contributed by atoms with van der Waals surface area (Å²) in [6.45, 7) is 3.66. The van der Waals surface area contributed by atoms with Crippen LogP contribution in [0.1, 0.15) is 19.2 Å². The molecule has 2 rings (SSSR count). The van der Waals surface area contributed by atoms with Crippen molar-refractivity contribution in [3.8, 4) is 11.5 Å². The van der Waals surface area contributed by atoms with Crippen molar-refractivity contribution in [1.82, 2.24) is 15.5 Å². The molecule has 0 unspecified atom stereocenters. The number of aromatic nitrogens is 2. The van der Waals surface area contributed by atoms with Gasteiger partial charge in [-0.3, -0.25) is 0 Å². The summed E-state index contributed by atoms with van der Waals surface area (Å²) in [5.74, 6) is 1.13. The van der Waals surface area contributed by atoms with Gasteiger partial charge in [-0.2, -0.15) is 0 Å². The van der Waals surface area contributed by atoms with Gasteiger partial charge in [-0.1, -0.05) is 22.9 Å². The summed E-state index contributed by atoms with van der Waals surface area (Å²) >= 11 is 6.90. The van der Waals surface area contributed by atoms with E-state index in [0.717, 1.165) is 27.5 Å². The fraction of sp³-hybridized carbons (Fsp3) is 0.333. The topological polar surface area (TPSA) is 51.0 Å². The first kappa shape index (κ1) is 13.7. The molecule has 0 fully saturated rings. The van der Waals surface area contributed by atoms with Crippen molar-refractivity contribution in [2.24, 2.45) is 0 Å². The maximum Gasteiger partial charge on any atom is 0.248 e. The highest BCUT2D eigenvalue weighted by molar-refractivity contribution is 9.11. The molecule has 1 aromatic carbocycles. The first-order valence-corrected chi connectivity index (χ1v) is 7.28. The molecule has 0 saturated carbocycles. The average Bonchev–Trinajstić information content (AvgIpc) is 2.81. The van der Waals surface area contributed by atoms with Crippen LogP contribution in [0.15, 0.2) is 31.6 Å². The third-order valence-corrected chi connectivity index (χ3v) is 3.51. The smallest absolute Gasteiger partial charge is 0.248 e. The van der Waals surface area contributed by atoms with Crippen LogP contribution in [0.25, 0.3) is 11.5 Å². The van der Waals surface area contributed by atoms with Gasteiger partial charge in [0.15, 0.2) is 0 Å². The molecule has 0 atom stereocenters. The monoisotopic (exact) mass is 373 g/mol. The lowest BCUT2D eigenvalue weighted by atomic mass is 10.2. The van der Waals surface area contributed by atoms with Gasteiger partial charge in [0, 0.05) is 8.95 Å². The summed E-state index contributed by atoms with van der Waals surface area (Å²) in [6, 6.07) is 5.84. The van der Waals surface area contributed by atoms with E-state index in [1.807, 2.05) is 18.2 Å². The molecule has 0 spiro atoms. The average molecular weight is 375 g/mol.